The highest BCUT2D eigenvalue weighted by Crippen LogP contribution is 2.31. The quantitative estimate of drug-likeness (QED) is 0.628. The van der Waals surface area contributed by atoms with E-state index in [2.05, 4.69) is 4.74 Å². The number of ether oxygens (including phenoxy) is 2. The van der Waals surface area contributed by atoms with Gasteiger partial charge in [0.2, 0.25) is 0 Å². The second-order valence-corrected chi connectivity index (χ2v) is 3.50. The normalized spacial score (nSPS) is 12.2. The highest BCUT2D eigenvalue weighted by Gasteiger charge is 2.40. The zero-order valence-electron chi connectivity index (χ0n) is 9.93. The van der Waals surface area contributed by atoms with Gasteiger partial charge in [0.1, 0.15) is 11.5 Å². The summed E-state index contributed by atoms with van der Waals surface area (Å²) in [6.07, 6.45) is -10.3. The van der Waals surface area contributed by atoms with Crippen molar-refractivity contribution in [2.24, 2.45) is 0 Å². The Balaban J connectivity index is 3.21. The second kappa shape index (κ2) is 5.59. The lowest BCUT2D eigenvalue weighted by atomic mass is 10.1. The molecule has 0 unspecified atom stereocenters. The van der Waals surface area contributed by atoms with Crippen molar-refractivity contribution < 1.29 is 40.6 Å². The Labute approximate surface area is 109 Å². The minimum Gasteiger partial charge on any atom is -0.494 e. The fourth-order valence-corrected chi connectivity index (χ4v) is 1.31. The van der Waals surface area contributed by atoms with Crippen LogP contribution in [0.3, 0.4) is 0 Å². The Morgan fingerprint density at radius 2 is 1.60 bits per heavy atom. The van der Waals surface area contributed by atoms with Gasteiger partial charge in [-0.2, -0.15) is 13.2 Å². The van der Waals surface area contributed by atoms with Gasteiger partial charge in [-0.15, -0.1) is 13.2 Å². The van der Waals surface area contributed by atoms with E-state index in [9.17, 15) is 31.1 Å². The molecule has 0 fully saturated rings. The Kier molecular flexibility index (Phi) is 4.51. The largest absolute Gasteiger partial charge is 0.573 e. The average molecular weight is 302 g/mol. The van der Waals surface area contributed by atoms with Crippen LogP contribution in [0.4, 0.5) is 26.3 Å². The fourth-order valence-electron chi connectivity index (χ4n) is 1.31. The highest BCUT2D eigenvalue weighted by molar-refractivity contribution is 6.00. The summed E-state index contributed by atoms with van der Waals surface area (Å²) >= 11 is 0. The van der Waals surface area contributed by atoms with Crippen LogP contribution in [0.2, 0.25) is 0 Å². The first-order chi connectivity index (χ1) is 9.03. The van der Waals surface area contributed by atoms with Crippen LogP contribution in [0.15, 0.2) is 18.2 Å². The summed E-state index contributed by atoms with van der Waals surface area (Å²) in [6, 6.07) is 1.79. The highest BCUT2D eigenvalue weighted by atomic mass is 19.4. The van der Waals surface area contributed by atoms with Crippen LogP contribution in [0, 0.1) is 0 Å². The predicted octanol–water partition coefficient (Wildman–Crippen LogP) is 3.73. The van der Waals surface area contributed by atoms with Gasteiger partial charge >= 0.3 is 12.5 Å². The van der Waals surface area contributed by atoms with Crippen LogP contribution in [0.1, 0.15) is 17.3 Å². The van der Waals surface area contributed by atoms with Crippen molar-refractivity contribution in [1.82, 2.24) is 0 Å². The maximum atomic E-state index is 12.3. The minimum absolute atomic E-state index is 0.00484. The molecule has 1 aromatic rings. The minimum atomic E-state index is -5.21. The summed E-state index contributed by atoms with van der Waals surface area (Å²) in [6.45, 7) is 1.47. The molecule has 0 aliphatic carbocycles. The maximum absolute atomic E-state index is 12.3. The number of hydrogen-bond acceptors (Lipinski definition) is 3. The van der Waals surface area contributed by atoms with Crippen LogP contribution in [0.25, 0.3) is 0 Å². The molecule has 0 saturated heterocycles. The lowest BCUT2D eigenvalue weighted by molar-refractivity contribution is -0.274. The number of hydrogen-bond donors (Lipinski definition) is 0. The van der Waals surface area contributed by atoms with Crippen LogP contribution in [-0.2, 0) is 0 Å². The van der Waals surface area contributed by atoms with Gasteiger partial charge < -0.3 is 9.47 Å². The monoisotopic (exact) mass is 302 g/mol. The average Bonchev–Trinajstić information content (AvgIpc) is 2.24. The van der Waals surface area contributed by atoms with Crippen molar-refractivity contribution >= 4 is 5.78 Å². The number of alkyl halides is 6. The molecule has 1 aromatic carbocycles. The molecule has 0 saturated carbocycles. The van der Waals surface area contributed by atoms with E-state index in [1.54, 1.807) is 0 Å². The van der Waals surface area contributed by atoms with E-state index in [-0.39, 0.29) is 12.4 Å². The van der Waals surface area contributed by atoms with E-state index < -0.39 is 29.6 Å². The predicted molar refractivity (Wildman–Crippen MR) is 54.7 cm³/mol. The third-order valence-corrected chi connectivity index (χ3v) is 1.94. The second-order valence-electron chi connectivity index (χ2n) is 3.50. The third-order valence-electron chi connectivity index (χ3n) is 1.94. The van der Waals surface area contributed by atoms with Crippen molar-refractivity contribution in [2.75, 3.05) is 6.61 Å². The molecule has 0 aromatic heterocycles. The molecule has 0 N–H and O–H groups in total. The third kappa shape index (κ3) is 4.63. The fraction of sp³-hybridized carbons (Fsp3) is 0.364. The van der Waals surface area contributed by atoms with Crippen molar-refractivity contribution in [3.63, 3.8) is 0 Å². The summed E-state index contributed by atoms with van der Waals surface area (Å²) in [5, 5.41) is 0. The number of benzene rings is 1. The van der Waals surface area contributed by atoms with Gasteiger partial charge in [0.25, 0.3) is 5.78 Å². The maximum Gasteiger partial charge on any atom is 0.573 e. The number of Topliss-reactive ketones (excluding diaryl/α,β-unsaturated/α-hetero) is 1. The molecule has 9 heteroatoms. The van der Waals surface area contributed by atoms with Gasteiger partial charge in [-0.3, -0.25) is 4.79 Å². The molecule has 1 rings (SSSR count). The van der Waals surface area contributed by atoms with Crippen molar-refractivity contribution in [3.05, 3.63) is 23.8 Å². The SMILES string of the molecule is CCOc1cc(OC(F)(F)F)cc(C(=O)C(F)(F)F)c1. The molecule has 0 aliphatic heterocycles. The van der Waals surface area contributed by atoms with Gasteiger partial charge in [-0.1, -0.05) is 0 Å². The molecule has 0 heterocycles. The standard InChI is InChI=1S/C11H8F6O3/c1-2-19-7-3-6(9(18)10(12,13)14)4-8(5-7)20-11(15,16)17/h3-5H,2H2,1H3. The molecular formula is C11H8F6O3. The first kappa shape index (κ1) is 16.1. The Hall–Kier alpha value is -1.93. The van der Waals surface area contributed by atoms with Gasteiger partial charge in [0.15, 0.2) is 0 Å². The van der Waals surface area contributed by atoms with E-state index in [4.69, 9.17) is 4.74 Å². The van der Waals surface area contributed by atoms with E-state index >= 15 is 0 Å². The first-order valence-electron chi connectivity index (χ1n) is 5.18. The Bertz CT molecular complexity index is 492. The van der Waals surface area contributed by atoms with Crippen molar-refractivity contribution in [1.29, 1.82) is 0 Å². The van der Waals surface area contributed by atoms with Crippen LogP contribution in [0.5, 0.6) is 11.5 Å². The number of carbonyl (C=O) groups is 1. The molecule has 0 spiro atoms. The summed E-state index contributed by atoms with van der Waals surface area (Å²) in [5.41, 5.74) is -0.998. The topological polar surface area (TPSA) is 35.5 Å². The molecular weight excluding hydrogens is 294 g/mol. The lowest BCUT2D eigenvalue weighted by Gasteiger charge is -2.13. The summed E-state index contributed by atoms with van der Waals surface area (Å²) < 4.78 is 81.3. The molecule has 112 valence electrons. The molecule has 0 aliphatic rings. The van der Waals surface area contributed by atoms with E-state index in [0.29, 0.717) is 12.1 Å². The van der Waals surface area contributed by atoms with Crippen molar-refractivity contribution in [2.45, 2.75) is 19.5 Å². The van der Waals surface area contributed by atoms with Gasteiger partial charge in [0, 0.05) is 11.6 Å². The van der Waals surface area contributed by atoms with E-state index in [0.717, 1.165) is 6.07 Å². The smallest absolute Gasteiger partial charge is 0.494 e. The molecule has 0 radical (unpaired) electrons. The van der Waals surface area contributed by atoms with Gasteiger partial charge in [-0.25, -0.2) is 0 Å². The number of rotatable bonds is 4. The van der Waals surface area contributed by atoms with Crippen LogP contribution in [-0.4, -0.2) is 24.9 Å². The molecule has 20 heavy (non-hydrogen) atoms. The van der Waals surface area contributed by atoms with E-state index in [1.165, 1.54) is 6.92 Å². The molecule has 3 nitrogen and oxygen atoms in total. The number of ketones is 1. The Morgan fingerprint density at radius 3 is 2.05 bits per heavy atom. The molecule has 0 bridgehead atoms. The summed E-state index contributed by atoms with van der Waals surface area (Å²) in [4.78, 5) is 11.0. The van der Waals surface area contributed by atoms with E-state index in [1.807, 2.05) is 0 Å². The molecule has 0 atom stereocenters. The van der Waals surface area contributed by atoms with Crippen molar-refractivity contribution in [3.8, 4) is 11.5 Å². The summed E-state index contributed by atoms with van der Waals surface area (Å²) in [5.74, 6) is -3.58. The number of carbonyl (C=O) groups excluding carboxylic acids is 1. The first-order valence-corrected chi connectivity index (χ1v) is 5.18. The van der Waals surface area contributed by atoms with Crippen LogP contribution < -0.4 is 9.47 Å². The van der Waals surface area contributed by atoms with Crippen LogP contribution >= 0.6 is 0 Å². The number of halogens is 6. The Morgan fingerprint density at radius 1 is 1.05 bits per heavy atom. The lowest BCUT2D eigenvalue weighted by Crippen LogP contribution is -2.23. The zero-order valence-corrected chi connectivity index (χ0v) is 9.93. The van der Waals surface area contributed by atoms with Gasteiger partial charge in [-0.05, 0) is 19.1 Å². The van der Waals surface area contributed by atoms with Gasteiger partial charge in [0.05, 0.1) is 6.61 Å². The molecule has 0 amide bonds. The summed E-state index contributed by atoms with van der Waals surface area (Å²) in [7, 11) is 0. The zero-order chi connectivity index (χ0) is 15.6.